The largest absolute Gasteiger partial charge is 0.323 e. The minimum Gasteiger partial charge on any atom is -0.323 e. The predicted molar refractivity (Wildman–Crippen MR) is 53.0 cm³/mol. The first-order chi connectivity index (χ1) is 5.88. The molecule has 0 fully saturated rings. The minimum atomic E-state index is 0.994. The predicted octanol–water partition coefficient (Wildman–Crippen LogP) is 2.77. The van der Waals surface area contributed by atoms with Gasteiger partial charge >= 0.3 is 0 Å². The highest BCUT2D eigenvalue weighted by atomic mass is 32.1. The fraction of sp³-hybridized carbons (Fsp3) is 0. The summed E-state index contributed by atoms with van der Waals surface area (Å²) in [5, 5.41) is 0. The van der Waals surface area contributed by atoms with Gasteiger partial charge < -0.3 is 4.57 Å². The van der Waals surface area contributed by atoms with Gasteiger partial charge in [0.2, 0.25) is 0 Å². The van der Waals surface area contributed by atoms with E-state index < -0.39 is 0 Å². The SMILES string of the molecule is Sc1ccccc1-n1cccc1. The zero-order valence-corrected chi connectivity index (χ0v) is 7.41. The molecule has 0 aliphatic heterocycles. The van der Waals surface area contributed by atoms with E-state index in [4.69, 9.17) is 0 Å². The van der Waals surface area contributed by atoms with Crippen molar-refractivity contribution < 1.29 is 0 Å². The molecule has 1 heterocycles. The van der Waals surface area contributed by atoms with Gasteiger partial charge in [-0.3, -0.25) is 0 Å². The van der Waals surface area contributed by atoms with Crippen molar-refractivity contribution in [3.8, 4) is 5.69 Å². The first kappa shape index (κ1) is 7.50. The number of para-hydroxylation sites is 1. The van der Waals surface area contributed by atoms with Gasteiger partial charge in [0, 0.05) is 17.3 Å². The van der Waals surface area contributed by atoms with Crippen molar-refractivity contribution in [3.63, 3.8) is 0 Å². The van der Waals surface area contributed by atoms with Gasteiger partial charge in [0.25, 0.3) is 0 Å². The van der Waals surface area contributed by atoms with E-state index in [1.54, 1.807) is 0 Å². The van der Waals surface area contributed by atoms with E-state index in [1.165, 1.54) is 0 Å². The van der Waals surface area contributed by atoms with Crippen molar-refractivity contribution in [1.29, 1.82) is 0 Å². The summed E-state index contributed by atoms with van der Waals surface area (Å²) in [5.41, 5.74) is 1.12. The molecule has 0 aliphatic rings. The van der Waals surface area contributed by atoms with E-state index in [9.17, 15) is 0 Å². The molecular weight excluding hydrogens is 166 g/mol. The van der Waals surface area contributed by atoms with Gasteiger partial charge in [0.05, 0.1) is 5.69 Å². The summed E-state index contributed by atoms with van der Waals surface area (Å²) in [5.74, 6) is 0. The van der Waals surface area contributed by atoms with Crippen LogP contribution in [0.15, 0.2) is 53.7 Å². The Balaban J connectivity index is 2.55. The molecule has 0 bridgehead atoms. The molecule has 0 spiro atoms. The molecule has 12 heavy (non-hydrogen) atoms. The van der Waals surface area contributed by atoms with Crippen LogP contribution >= 0.6 is 12.6 Å². The molecule has 2 heteroatoms. The maximum Gasteiger partial charge on any atom is 0.0582 e. The summed E-state index contributed by atoms with van der Waals surface area (Å²) in [4.78, 5) is 0.994. The summed E-state index contributed by atoms with van der Waals surface area (Å²) in [7, 11) is 0. The molecule has 0 unspecified atom stereocenters. The van der Waals surface area contributed by atoms with E-state index in [0.29, 0.717) is 0 Å². The third-order valence-corrected chi connectivity index (χ3v) is 2.14. The van der Waals surface area contributed by atoms with Gasteiger partial charge in [-0.15, -0.1) is 12.6 Å². The van der Waals surface area contributed by atoms with Gasteiger partial charge in [-0.25, -0.2) is 0 Å². The van der Waals surface area contributed by atoms with Gasteiger partial charge in [0.1, 0.15) is 0 Å². The average molecular weight is 175 g/mol. The van der Waals surface area contributed by atoms with E-state index in [-0.39, 0.29) is 0 Å². The van der Waals surface area contributed by atoms with E-state index in [2.05, 4.69) is 12.6 Å². The Morgan fingerprint density at radius 1 is 0.917 bits per heavy atom. The van der Waals surface area contributed by atoms with Gasteiger partial charge in [-0.2, -0.15) is 0 Å². The fourth-order valence-electron chi connectivity index (χ4n) is 1.18. The Kier molecular flexibility index (Phi) is 1.92. The number of nitrogens with zero attached hydrogens (tertiary/aromatic N) is 1. The van der Waals surface area contributed by atoms with Crippen molar-refractivity contribution in [3.05, 3.63) is 48.8 Å². The monoisotopic (exact) mass is 175 g/mol. The van der Waals surface area contributed by atoms with E-state index in [1.807, 2.05) is 53.4 Å². The summed E-state index contributed by atoms with van der Waals surface area (Å²) in [6.45, 7) is 0. The first-order valence-electron chi connectivity index (χ1n) is 3.79. The van der Waals surface area contributed by atoms with Crippen LogP contribution in [0, 0.1) is 0 Å². The molecule has 2 rings (SSSR count). The molecule has 1 aromatic carbocycles. The van der Waals surface area contributed by atoms with Crippen molar-refractivity contribution >= 4 is 12.6 Å². The van der Waals surface area contributed by atoms with Gasteiger partial charge in [-0.1, -0.05) is 12.1 Å². The van der Waals surface area contributed by atoms with E-state index >= 15 is 0 Å². The summed E-state index contributed by atoms with van der Waals surface area (Å²) < 4.78 is 2.04. The summed E-state index contributed by atoms with van der Waals surface area (Å²) in [6, 6.07) is 12.0. The molecular formula is C10H9NS. The highest BCUT2D eigenvalue weighted by Gasteiger charge is 1.96. The molecule has 0 amide bonds. The summed E-state index contributed by atoms with van der Waals surface area (Å²) in [6.07, 6.45) is 4.02. The van der Waals surface area contributed by atoms with Crippen LogP contribution in [0.5, 0.6) is 0 Å². The minimum absolute atomic E-state index is 0.994. The lowest BCUT2D eigenvalue weighted by Gasteiger charge is -2.04. The van der Waals surface area contributed by atoms with Gasteiger partial charge in [-0.05, 0) is 24.3 Å². The van der Waals surface area contributed by atoms with Crippen molar-refractivity contribution in [2.75, 3.05) is 0 Å². The number of hydrogen-bond acceptors (Lipinski definition) is 1. The molecule has 0 N–H and O–H groups in total. The molecule has 0 saturated carbocycles. The molecule has 1 nitrogen and oxygen atoms in total. The highest BCUT2D eigenvalue weighted by molar-refractivity contribution is 7.80. The Labute approximate surface area is 77.1 Å². The van der Waals surface area contributed by atoms with Crippen LogP contribution in [-0.4, -0.2) is 4.57 Å². The summed E-state index contributed by atoms with van der Waals surface area (Å²) >= 11 is 4.36. The maximum absolute atomic E-state index is 4.36. The Bertz CT molecular complexity index is 365. The molecule has 2 aromatic rings. The van der Waals surface area contributed by atoms with Crippen LogP contribution in [0.3, 0.4) is 0 Å². The number of rotatable bonds is 1. The number of aromatic nitrogens is 1. The lowest BCUT2D eigenvalue weighted by atomic mass is 10.3. The lowest BCUT2D eigenvalue weighted by molar-refractivity contribution is 1.04. The maximum atomic E-state index is 4.36. The first-order valence-corrected chi connectivity index (χ1v) is 4.24. The third-order valence-electron chi connectivity index (χ3n) is 1.76. The van der Waals surface area contributed by atoms with Crippen LogP contribution in [0.1, 0.15) is 0 Å². The lowest BCUT2D eigenvalue weighted by Crippen LogP contribution is -1.89. The Hall–Kier alpha value is -1.15. The second-order valence-corrected chi connectivity index (χ2v) is 3.06. The Morgan fingerprint density at radius 3 is 2.25 bits per heavy atom. The average Bonchev–Trinajstić information content (AvgIpc) is 2.57. The van der Waals surface area contributed by atoms with Gasteiger partial charge in [0.15, 0.2) is 0 Å². The molecule has 1 aromatic heterocycles. The third kappa shape index (κ3) is 1.25. The number of thiol groups is 1. The molecule has 0 aliphatic carbocycles. The number of benzene rings is 1. The molecule has 0 radical (unpaired) electrons. The van der Waals surface area contributed by atoms with Crippen LogP contribution in [0.2, 0.25) is 0 Å². The second-order valence-electron chi connectivity index (χ2n) is 2.58. The number of hydrogen-bond donors (Lipinski definition) is 1. The standard InChI is InChI=1S/C10H9NS/c12-10-6-2-1-5-9(10)11-7-3-4-8-11/h1-8,12H. The van der Waals surface area contributed by atoms with Crippen molar-refractivity contribution in [2.24, 2.45) is 0 Å². The van der Waals surface area contributed by atoms with Crippen LogP contribution in [-0.2, 0) is 0 Å². The molecule has 0 saturated heterocycles. The molecule has 0 atom stereocenters. The zero-order chi connectivity index (χ0) is 8.39. The topological polar surface area (TPSA) is 4.93 Å². The highest BCUT2D eigenvalue weighted by Crippen LogP contribution is 2.17. The Morgan fingerprint density at radius 2 is 1.58 bits per heavy atom. The normalized spacial score (nSPS) is 10.1. The van der Waals surface area contributed by atoms with E-state index in [0.717, 1.165) is 10.6 Å². The zero-order valence-electron chi connectivity index (χ0n) is 6.51. The van der Waals surface area contributed by atoms with Crippen LogP contribution in [0.4, 0.5) is 0 Å². The molecule has 60 valence electrons. The smallest absolute Gasteiger partial charge is 0.0582 e. The quantitative estimate of drug-likeness (QED) is 0.636. The fourth-order valence-corrected chi connectivity index (χ4v) is 1.45. The van der Waals surface area contributed by atoms with Crippen LogP contribution < -0.4 is 0 Å². The van der Waals surface area contributed by atoms with Crippen molar-refractivity contribution in [2.45, 2.75) is 4.90 Å². The van der Waals surface area contributed by atoms with Crippen molar-refractivity contribution in [1.82, 2.24) is 4.57 Å². The second kappa shape index (κ2) is 3.07. The van der Waals surface area contributed by atoms with Crippen LogP contribution in [0.25, 0.3) is 5.69 Å².